The molecule has 0 spiro atoms. The molecule has 4 rings (SSSR count). The zero-order chi connectivity index (χ0) is 21.1. The number of para-hydroxylation sites is 2. The topological polar surface area (TPSA) is 106 Å². The van der Waals surface area contributed by atoms with Crippen LogP contribution in [0.25, 0.3) is 0 Å². The van der Waals surface area contributed by atoms with E-state index in [0.29, 0.717) is 36.0 Å². The highest BCUT2D eigenvalue weighted by atomic mass is 32.2. The van der Waals surface area contributed by atoms with Gasteiger partial charge in [-0.1, -0.05) is 24.3 Å². The summed E-state index contributed by atoms with van der Waals surface area (Å²) in [6.45, 7) is 2.30. The molecule has 30 heavy (non-hydrogen) atoms. The van der Waals surface area contributed by atoms with Gasteiger partial charge in [0.1, 0.15) is 18.2 Å². The normalized spacial score (nSPS) is 22.2. The first-order valence-electron chi connectivity index (χ1n) is 9.47. The molecule has 2 aliphatic heterocycles. The first kappa shape index (κ1) is 20.1. The number of imide groups is 1. The predicted molar refractivity (Wildman–Crippen MR) is 111 cm³/mol. The lowest BCUT2D eigenvalue weighted by atomic mass is 10.1. The van der Waals surface area contributed by atoms with Crippen molar-refractivity contribution in [1.82, 2.24) is 16.0 Å². The van der Waals surface area contributed by atoms with E-state index in [1.807, 2.05) is 36.4 Å². The maximum absolute atomic E-state index is 12.8. The van der Waals surface area contributed by atoms with Crippen LogP contribution in [0.3, 0.4) is 0 Å². The van der Waals surface area contributed by atoms with Crippen LogP contribution in [-0.4, -0.2) is 48.4 Å². The SMILES string of the molecule is C[C@]1(CSc2ccccc2C(=O)NC[C@H]2COc3ccccc3O2)NC(=O)NC1=O. The van der Waals surface area contributed by atoms with Gasteiger partial charge in [-0.25, -0.2) is 4.79 Å². The Balaban J connectivity index is 1.37. The summed E-state index contributed by atoms with van der Waals surface area (Å²) in [6, 6.07) is 14.0. The predicted octanol–water partition coefficient (Wildman–Crippen LogP) is 1.95. The van der Waals surface area contributed by atoms with Crippen molar-refractivity contribution >= 4 is 29.6 Å². The summed E-state index contributed by atoms with van der Waals surface area (Å²) in [5, 5.41) is 7.75. The molecule has 0 unspecified atom stereocenters. The maximum Gasteiger partial charge on any atom is 0.322 e. The van der Waals surface area contributed by atoms with Crippen molar-refractivity contribution in [3.05, 3.63) is 54.1 Å². The van der Waals surface area contributed by atoms with Gasteiger partial charge >= 0.3 is 6.03 Å². The summed E-state index contributed by atoms with van der Waals surface area (Å²) in [6.07, 6.45) is -0.292. The van der Waals surface area contributed by atoms with Gasteiger partial charge in [-0.05, 0) is 31.2 Å². The van der Waals surface area contributed by atoms with Gasteiger partial charge in [0.15, 0.2) is 11.5 Å². The van der Waals surface area contributed by atoms with Crippen molar-refractivity contribution in [2.75, 3.05) is 18.9 Å². The van der Waals surface area contributed by atoms with Gasteiger partial charge in [0, 0.05) is 10.6 Å². The maximum atomic E-state index is 12.8. The second-order valence-electron chi connectivity index (χ2n) is 7.23. The molecule has 2 aromatic carbocycles. The Morgan fingerprint density at radius 1 is 1.17 bits per heavy atom. The Morgan fingerprint density at radius 2 is 1.90 bits per heavy atom. The number of carbonyl (C=O) groups is 3. The standard InChI is InChI=1S/C21H21N3O5S/c1-21(19(26)23-20(27)24-21)12-30-17-9-5-2-6-14(17)18(25)22-10-13-11-28-15-7-3-4-8-16(15)29-13/h2-9,13H,10-12H2,1H3,(H,22,25)(H2,23,24,26,27)/t13-,21+/m0/s1. The molecule has 8 nitrogen and oxygen atoms in total. The Kier molecular flexibility index (Phi) is 5.54. The fraction of sp³-hybridized carbons (Fsp3) is 0.286. The van der Waals surface area contributed by atoms with E-state index >= 15 is 0 Å². The smallest absolute Gasteiger partial charge is 0.322 e. The Morgan fingerprint density at radius 3 is 2.67 bits per heavy atom. The largest absolute Gasteiger partial charge is 0.486 e. The first-order valence-corrected chi connectivity index (χ1v) is 10.5. The second-order valence-corrected chi connectivity index (χ2v) is 8.25. The van der Waals surface area contributed by atoms with E-state index in [1.165, 1.54) is 11.8 Å². The molecule has 2 atom stereocenters. The van der Waals surface area contributed by atoms with E-state index in [2.05, 4.69) is 16.0 Å². The summed E-state index contributed by atoms with van der Waals surface area (Å²) in [5.74, 6) is 1.02. The number of carbonyl (C=O) groups excluding carboxylic acids is 3. The third-order valence-corrected chi connectivity index (χ3v) is 6.21. The third-order valence-electron chi connectivity index (χ3n) is 4.82. The van der Waals surface area contributed by atoms with E-state index in [9.17, 15) is 14.4 Å². The van der Waals surface area contributed by atoms with E-state index in [1.54, 1.807) is 19.1 Å². The van der Waals surface area contributed by atoms with Crippen LogP contribution in [0.2, 0.25) is 0 Å². The summed E-state index contributed by atoms with van der Waals surface area (Å²) < 4.78 is 11.5. The van der Waals surface area contributed by atoms with Crippen LogP contribution in [0.1, 0.15) is 17.3 Å². The van der Waals surface area contributed by atoms with Crippen LogP contribution in [0.5, 0.6) is 11.5 Å². The fourth-order valence-electron chi connectivity index (χ4n) is 3.15. The summed E-state index contributed by atoms with van der Waals surface area (Å²) >= 11 is 1.34. The van der Waals surface area contributed by atoms with Crippen molar-refractivity contribution in [3.8, 4) is 11.5 Å². The van der Waals surface area contributed by atoms with Gasteiger partial charge in [-0.15, -0.1) is 11.8 Å². The number of amides is 4. The van der Waals surface area contributed by atoms with E-state index < -0.39 is 11.6 Å². The van der Waals surface area contributed by atoms with Crippen LogP contribution in [0, 0.1) is 0 Å². The summed E-state index contributed by atoms with van der Waals surface area (Å²) in [5.41, 5.74) is -0.528. The molecule has 2 aromatic rings. The summed E-state index contributed by atoms with van der Waals surface area (Å²) in [7, 11) is 0. The second kappa shape index (κ2) is 8.27. The zero-order valence-corrected chi connectivity index (χ0v) is 17.1. The average Bonchev–Trinajstić information content (AvgIpc) is 3.02. The number of thioether (sulfide) groups is 1. The highest BCUT2D eigenvalue weighted by molar-refractivity contribution is 7.99. The molecule has 0 radical (unpaired) electrons. The monoisotopic (exact) mass is 427 g/mol. The van der Waals surface area contributed by atoms with Crippen LogP contribution >= 0.6 is 11.8 Å². The highest BCUT2D eigenvalue weighted by Crippen LogP contribution is 2.31. The molecule has 1 saturated heterocycles. The number of urea groups is 1. The molecule has 156 valence electrons. The van der Waals surface area contributed by atoms with Gasteiger partial charge in [0.25, 0.3) is 11.8 Å². The lowest BCUT2D eigenvalue weighted by Crippen LogP contribution is -2.46. The fourth-order valence-corrected chi connectivity index (χ4v) is 4.29. The molecular formula is C21H21N3O5S. The minimum Gasteiger partial charge on any atom is -0.486 e. The number of hydrogen-bond donors (Lipinski definition) is 3. The molecule has 0 aromatic heterocycles. The molecule has 0 saturated carbocycles. The molecule has 0 bridgehead atoms. The van der Waals surface area contributed by atoms with E-state index in [-0.39, 0.29) is 17.9 Å². The minimum absolute atomic E-state index is 0.245. The van der Waals surface area contributed by atoms with Crippen LogP contribution in [0.15, 0.2) is 53.4 Å². The van der Waals surface area contributed by atoms with Crippen molar-refractivity contribution < 1.29 is 23.9 Å². The molecule has 2 heterocycles. The number of rotatable bonds is 6. The van der Waals surface area contributed by atoms with Gasteiger partial charge in [0.05, 0.1) is 12.1 Å². The lowest BCUT2D eigenvalue weighted by molar-refractivity contribution is -0.122. The third kappa shape index (κ3) is 4.20. The first-order chi connectivity index (χ1) is 14.4. The van der Waals surface area contributed by atoms with Gasteiger partial charge in [-0.3, -0.25) is 14.9 Å². The molecule has 1 fully saturated rings. The summed E-state index contributed by atoms with van der Waals surface area (Å²) in [4.78, 5) is 36.9. The van der Waals surface area contributed by atoms with Crippen LogP contribution in [0.4, 0.5) is 4.79 Å². The number of ether oxygens (including phenoxy) is 2. The minimum atomic E-state index is -1.02. The molecule has 2 aliphatic rings. The van der Waals surface area contributed by atoms with Crippen LogP contribution in [-0.2, 0) is 4.79 Å². The van der Waals surface area contributed by atoms with Crippen molar-refractivity contribution in [2.45, 2.75) is 23.5 Å². The van der Waals surface area contributed by atoms with Crippen LogP contribution < -0.4 is 25.4 Å². The Labute approximate surface area is 177 Å². The number of hydrogen-bond acceptors (Lipinski definition) is 6. The Bertz CT molecular complexity index is 998. The van der Waals surface area contributed by atoms with Crippen molar-refractivity contribution in [1.29, 1.82) is 0 Å². The average molecular weight is 427 g/mol. The number of nitrogens with one attached hydrogen (secondary N) is 3. The molecular weight excluding hydrogens is 406 g/mol. The Hall–Kier alpha value is -3.20. The van der Waals surface area contributed by atoms with Gasteiger partial charge in [0.2, 0.25) is 0 Å². The zero-order valence-electron chi connectivity index (χ0n) is 16.3. The van der Waals surface area contributed by atoms with Gasteiger partial charge in [-0.2, -0.15) is 0 Å². The molecule has 4 amide bonds. The van der Waals surface area contributed by atoms with Crippen molar-refractivity contribution in [3.63, 3.8) is 0 Å². The quantitative estimate of drug-likeness (QED) is 0.481. The number of fused-ring (bicyclic) bond motifs is 1. The van der Waals surface area contributed by atoms with Crippen molar-refractivity contribution in [2.24, 2.45) is 0 Å². The molecule has 0 aliphatic carbocycles. The number of benzene rings is 2. The lowest BCUT2D eigenvalue weighted by Gasteiger charge is -2.26. The van der Waals surface area contributed by atoms with E-state index in [0.717, 1.165) is 4.90 Å². The highest BCUT2D eigenvalue weighted by Gasteiger charge is 2.42. The van der Waals surface area contributed by atoms with E-state index in [4.69, 9.17) is 9.47 Å². The molecule has 3 N–H and O–H groups in total. The molecule has 9 heteroatoms. The van der Waals surface area contributed by atoms with Gasteiger partial charge < -0.3 is 20.1 Å².